The number of aryl methyl sites for hydroxylation is 1. The van der Waals surface area contributed by atoms with Gasteiger partial charge in [-0.1, -0.05) is 0 Å². The Kier molecular flexibility index (Phi) is 7.75. The van der Waals surface area contributed by atoms with Gasteiger partial charge in [0.25, 0.3) is 0 Å². The summed E-state index contributed by atoms with van der Waals surface area (Å²) in [5.74, 6) is -0.585. The molecule has 4 aliphatic rings. The van der Waals surface area contributed by atoms with Crippen LogP contribution in [0.25, 0.3) is 24.3 Å². The molecule has 0 saturated heterocycles. The van der Waals surface area contributed by atoms with Crippen LogP contribution in [0, 0.1) is 13.8 Å². The summed E-state index contributed by atoms with van der Waals surface area (Å²) in [7, 11) is 18.3. The molecule has 6 bridgehead atoms. The molecule has 2 aromatic heterocycles. The summed E-state index contributed by atoms with van der Waals surface area (Å²) in [6.45, 7) is 8.17. The molecule has 0 amide bonds. The molecule has 0 fully saturated rings. The predicted octanol–water partition coefficient (Wildman–Crippen LogP) is 4.72. The maximum atomic E-state index is 12.4. The second-order valence-corrected chi connectivity index (χ2v) is 25.0. The SMILES string of the molecule is COC(=O)CCC1=C(C)C2=NC1=Cc1c(CCC(=O)OC)c(C)c3[n]1[Sn]([Cl])([Cl])[n]1c(cc(C)c1=CC1=NC(=C3)C(C)=C1)=C2. The normalized spacial score (nSPS) is 17.6. The number of nitrogens with zero attached hydrogens (tertiary/aromatic N) is 4. The van der Waals surface area contributed by atoms with Gasteiger partial charge in [-0.2, -0.15) is 0 Å². The Balaban J connectivity index is 1.76. The number of carbonyl (C=O) groups excluding carboxylic acids is 2. The third-order valence-electron chi connectivity index (χ3n) is 8.57. The van der Waals surface area contributed by atoms with Gasteiger partial charge in [0, 0.05) is 0 Å². The number of halogens is 2. The van der Waals surface area contributed by atoms with Crippen molar-refractivity contribution in [1.29, 1.82) is 0 Å². The van der Waals surface area contributed by atoms with Crippen molar-refractivity contribution in [1.82, 2.24) is 5.58 Å². The molecule has 0 aliphatic carbocycles. The van der Waals surface area contributed by atoms with E-state index in [-0.39, 0.29) is 24.8 Å². The van der Waals surface area contributed by atoms with Gasteiger partial charge in [-0.15, -0.1) is 0 Å². The molecule has 11 heteroatoms. The number of carbonyl (C=O) groups is 2. The summed E-state index contributed by atoms with van der Waals surface area (Å²) in [4.78, 5) is 34.6. The number of hydrogen-bond acceptors (Lipinski definition) is 6. The number of allylic oxidation sites excluding steroid dienone is 4. The topological polar surface area (TPSA) is 87.2 Å². The van der Waals surface area contributed by atoms with Gasteiger partial charge in [-0.25, -0.2) is 0 Å². The molecule has 0 aromatic carbocycles. The van der Waals surface area contributed by atoms with E-state index in [2.05, 4.69) is 36.8 Å². The number of aliphatic imine (C=N–C) groups is 2. The van der Waals surface area contributed by atoms with Crippen LogP contribution in [0.4, 0.5) is 0 Å². The first kappa shape index (κ1) is 30.0. The van der Waals surface area contributed by atoms with E-state index in [9.17, 15) is 9.59 Å². The molecule has 222 valence electrons. The van der Waals surface area contributed by atoms with E-state index in [1.54, 1.807) is 0 Å². The first-order valence-corrected chi connectivity index (χ1v) is 23.9. The molecule has 0 N–H and O–H groups in total. The van der Waals surface area contributed by atoms with Crippen molar-refractivity contribution in [3.63, 3.8) is 0 Å². The number of ether oxygens (including phenoxy) is 2. The van der Waals surface area contributed by atoms with Crippen LogP contribution in [0.5, 0.6) is 0 Å². The molecule has 6 heterocycles. The molecule has 4 aliphatic heterocycles. The molecule has 0 atom stereocenters. The first-order valence-electron chi connectivity index (χ1n) is 14.1. The molecule has 0 radical (unpaired) electrons. The summed E-state index contributed by atoms with van der Waals surface area (Å²) in [6, 6.07) is 2.10. The Labute approximate surface area is 262 Å². The Bertz CT molecular complexity index is 1950. The average Bonchev–Trinajstić information content (AvgIpc) is 3.64. The van der Waals surface area contributed by atoms with E-state index in [1.807, 2.05) is 32.9 Å². The maximum absolute atomic E-state index is 12.4. The van der Waals surface area contributed by atoms with E-state index < -0.39 is 16.7 Å². The van der Waals surface area contributed by atoms with Gasteiger partial charge in [-0.3, -0.25) is 0 Å². The molecular weight excluding hydrogens is 694 g/mol. The fourth-order valence-electron chi connectivity index (χ4n) is 6.25. The summed E-state index contributed by atoms with van der Waals surface area (Å²) >= 11 is -4.65. The van der Waals surface area contributed by atoms with Gasteiger partial charge in [0.05, 0.1) is 0 Å². The van der Waals surface area contributed by atoms with Crippen molar-refractivity contribution < 1.29 is 19.1 Å². The van der Waals surface area contributed by atoms with Crippen LogP contribution in [0.1, 0.15) is 61.2 Å². The van der Waals surface area contributed by atoms with Crippen molar-refractivity contribution in [2.45, 2.75) is 53.4 Å². The summed E-state index contributed by atoms with van der Waals surface area (Å²) in [5.41, 5.74) is 10.8. The Morgan fingerprint density at radius 2 is 1.51 bits per heavy atom. The number of methoxy groups -OCH3 is 2. The monoisotopic (exact) mass is 726 g/mol. The Morgan fingerprint density at radius 1 is 0.837 bits per heavy atom. The van der Waals surface area contributed by atoms with Crippen molar-refractivity contribution in [2.24, 2.45) is 9.98 Å². The van der Waals surface area contributed by atoms with Crippen molar-refractivity contribution in [2.75, 3.05) is 14.2 Å². The molecule has 6 rings (SSSR count). The third-order valence-corrected chi connectivity index (χ3v) is 19.0. The van der Waals surface area contributed by atoms with Crippen LogP contribution >= 0.6 is 17.8 Å². The number of rotatable bonds is 6. The van der Waals surface area contributed by atoms with Gasteiger partial charge >= 0.3 is 263 Å². The van der Waals surface area contributed by atoms with Gasteiger partial charge in [0.2, 0.25) is 0 Å². The van der Waals surface area contributed by atoms with Gasteiger partial charge in [-0.05, 0) is 0 Å². The Hall–Kier alpha value is -3.08. The summed E-state index contributed by atoms with van der Waals surface area (Å²) in [5, 5.41) is 1.77. The number of fused-ring (bicyclic) bond motifs is 2. The zero-order valence-electron chi connectivity index (χ0n) is 25.0. The second kappa shape index (κ2) is 11.1. The van der Waals surface area contributed by atoms with Crippen LogP contribution in [-0.4, -0.2) is 59.8 Å². The van der Waals surface area contributed by atoms with Gasteiger partial charge < -0.3 is 0 Å². The van der Waals surface area contributed by atoms with E-state index in [1.165, 1.54) is 14.2 Å². The fraction of sp³-hybridized carbons (Fsp3) is 0.312. The number of esters is 2. The third kappa shape index (κ3) is 5.01. The quantitative estimate of drug-likeness (QED) is 0.319. The number of hydrogen-bond donors (Lipinski definition) is 0. The molecule has 8 nitrogen and oxygen atoms in total. The molecule has 0 saturated carbocycles. The van der Waals surface area contributed by atoms with E-state index in [0.717, 1.165) is 78.3 Å². The minimum absolute atomic E-state index is 0.196. The van der Waals surface area contributed by atoms with E-state index >= 15 is 0 Å². The van der Waals surface area contributed by atoms with Gasteiger partial charge in [0.1, 0.15) is 0 Å². The molecule has 43 heavy (non-hydrogen) atoms. The first-order chi connectivity index (χ1) is 20.4. The standard InChI is InChI=1S/C32H32N4O4.2ClH.Sn/c1-17-11-22-14-27-19(3)23(7-9-31(37)39-5)29(35-27)16-30-24(8-10-32(38)40-6)20(4)28(36-30)15-26-18(2)12-21(34-26)13-25(17)33-22;;;/h11-16H,7-10H2,1-6H3;2*1H;/q-2;;;+4/p-2. The van der Waals surface area contributed by atoms with E-state index in [0.29, 0.717) is 12.8 Å². The zero-order chi connectivity index (χ0) is 30.8. The fourth-order valence-corrected chi connectivity index (χ4v) is 17.4. The number of aromatic nitrogens is 2. The summed E-state index contributed by atoms with van der Waals surface area (Å²) < 4.78 is 14.2. The zero-order valence-corrected chi connectivity index (χ0v) is 29.3. The average molecular weight is 726 g/mol. The minimum atomic E-state index is -4.65. The van der Waals surface area contributed by atoms with Crippen LogP contribution in [0.3, 0.4) is 0 Å². The molecule has 0 spiro atoms. The van der Waals surface area contributed by atoms with Crippen molar-refractivity contribution in [3.8, 4) is 0 Å². The van der Waals surface area contributed by atoms with Crippen LogP contribution < -0.4 is 10.7 Å². The molecule has 0 unspecified atom stereocenters. The molecule has 2 aromatic rings. The van der Waals surface area contributed by atoms with Crippen molar-refractivity contribution >= 4 is 82.2 Å². The molecular formula is C32H32Cl2N4O4Sn. The van der Waals surface area contributed by atoms with E-state index in [4.69, 9.17) is 37.3 Å². The summed E-state index contributed by atoms with van der Waals surface area (Å²) in [6.07, 6.45) is 11.6. The Morgan fingerprint density at radius 3 is 2.21 bits per heavy atom. The van der Waals surface area contributed by atoms with Crippen molar-refractivity contribution in [3.05, 3.63) is 79.0 Å². The van der Waals surface area contributed by atoms with Gasteiger partial charge in [0.15, 0.2) is 0 Å². The van der Waals surface area contributed by atoms with Crippen LogP contribution in [-0.2, 0) is 25.5 Å². The van der Waals surface area contributed by atoms with Crippen LogP contribution in [0.2, 0.25) is 0 Å². The van der Waals surface area contributed by atoms with Crippen LogP contribution in [0.15, 0.2) is 50.2 Å². The second-order valence-electron chi connectivity index (χ2n) is 11.2. The predicted molar refractivity (Wildman–Crippen MR) is 174 cm³/mol.